The molecule has 0 spiro atoms. The van der Waals surface area contributed by atoms with E-state index < -0.39 is 0 Å². The molecule has 0 fully saturated rings. The Morgan fingerprint density at radius 2 is 1.60 bits per heavy atom. The molecular weight excluding hydrogens is 246 g/mol. The van der Waals surface area contributed by atoms with E-state index in [-0.39, 0.29) is 0 Å². The first-order chi connectivity index (χ1) is 9.69. The summed E-state index contributed by atoms with van der Waals surface area (Å²) in [5.41, 5.74) is 3.24. The summed E-state index contributed by atoms with van der Waals surface area (Å²) >= 11 is 0. The maximum Gasteiger partial charge on any atom is 0.0587 e. The zero-order valence-corrected chi connectivity index (χ0v) is 13.7. The van der Waals surface area contributed by atoms with Crippen LogP contribution in [0.4, 0.5) is 0 Å². The van der Waals surface area contributed by atoms with Crippen molar-refractivity contribution in [2.75, 3.05) is 26.8 Å². The second-order valence-corrected chi connectivity index (χ2v) is 5.72. The Balaban J connectivity index is 2.63. The fourth-order valence-electron chi connectivity index (χ4n) is 2.67. The third kappa shape index (κ3) is 5.26. The lowest BCUT2D eigenvalue weighted by molar-refractivity contribution is 0.185. The quantitative estimate of drug-likeness (QED) is 0.656. The van der Waals surface area contributed by atoms with Gasteiger partial charge in [0, 0.05) is 20.2 Å². The second-order valence-electron chi connectivity index (χ2n) is 5.72. The maximum atomic E-state index is 5.11. The number of hydrogen-bond acceptors (Lipinski definition) is 2. The van der Waals surface area contributed by atoms with Crippen molar-refractivity contribution in [1.29, 1.82) is 0 Å². The monoisotopic (exact) mass is 277 g/mol. The van der Waals surface area contributed by atoms with E-state index in [0.29, 0.717) is 5.41 Å². The average molecular weight is 277 g/mol. The van der Waals surface area contributed by atoms with Gasteiger partial charge in [-0.25, -0.2) is 0 Å². The Morgan fingerprint density at radius 3 is 2.10 bits per heavy atom. The largest absolute Gasteiger partial charge is 0.383 e. The molecule has 2 heteroatoms. The molecule has 0 saturated carbocycles. The van der Waals surface area contributed by atoms with Crippen molar-refractivity contribution in [1.82, 2.24) is 5.32 Å². The topological polar surface area (TPSA) is 21.3 Å². The predicted octanol–water partition coefficient (Wildman–Crippen LogP) is 3.83. The van der Waals surface area contributed by atoms with Crippen LogP contribution >= 0.6 is 0 Å². The van der Waals surface area contributed by atoms with Crippen molar-refractivity contribution in [3.05, 3.63) is 35.4 Å². The zero-order chi connectivity index (χ0) is 14.8. The Morgan fingerprint density at radius 1 is 1.00 bits per heavy atom. The van der Waals surface area contributed by atoms with Gasteiger partial charge in [-0.3, -0.25) is 0 Å². The highest BCUT2D eigenvalue weighted by Crippen LogP contribution is 2.30. The van der Waals surface area contributed by atoms with Crippen molar-refractivity contribution in [2.24, 2.45) is 5.41 Å². The molecule has 0 aliphatic heterocycles. The minimum Gasteiger partial charge on any atom is -0.383 e. The smallest absolute Gasteiger partial charge is 0.0587 e. The minimum absolute atomic E-state index is 0.363. The molecule has 0 saturated heterocycles. The van der Waals surface area contributed by atoms with E-state index in [9.17, 15) is 0 Å². The maximum absolute atomic E-state index is 5.11. The van der Waals surface area contributed by atoms with Gasteiger partial charge in [-0.15, -0.1) is 0 Å². The van der Waals surface area contributed by atoms with Crippen molar-refractivity contribution in [3.63, 3.8) is 0 Å². The molecule has 0 heterocycles. The van der Waals surface area contributed by atoms with Crippen LogP contribution in [0.3, 0.4) is 0 Å². The van der Waals surface area contributed by atoms with Gasteiger partial charge in [0.05, 0.1) is 6.61 Å². The van der Waals surface area contributed by atoms with Gasteiger partial charge in [-0.1, -0.05) is 45.0 Å². The Labute approximate surface area is 124 Å². The summed E-state index contributed by atoms with van der Waals surface area (Å²) in [5, 5.41) is 3.55. The zero-order valence-electron chi connectivity index (χ0n) is 13.7. The van der Waals surface area contributed by atoms with Crippen LogP contribution in [0, 0.1) is 5.41 Å². The van der Waals surface area contributed by atoms with E-state index in [2.05, 4.69) is 50.4 Å². The molecule has 1 aromatic carbocycles. The van der Waals surface area contributed by atoms with Gasteiger partial charge in [0.1, 0.15) is 0 Å². The van der Waals surface area contributed by atoms with Crippen LogP contribution in [-0.2, 0) is 17.6 Å². The van der Waals surface area contributed by atoms with E-state index in [1.807, 2.05) is 0 Å². The van der Waals surface area contributed by atoms with Crippen LogP contribution in [-0.4, -0.2) is 26.8 Å². The highest BCUT2D eigenvalue weighted by atomic mass is 16.5. The molecule has 0 amide bonds. The van der Waals surface area contributed by atoms with E-state index in [4.69, 9.17) is 4.74 Å². The van der Waals surface area contributed by atoms with Crippen molar-refractivity contribution in [2.45, 2.75) is 46.5 Å². The van der Waals surface area contributed by atoms with Crippen LogP contribution in [0.2, 0.25) is 0 Å². The van der Waals surface area contributed by atoms with Crippen LogP contribution in [0.15, 0.2) is 24.3 Å². The van der Waals surface area contributed by atoms with Gasteiger partial charge in [0.25, 0.3) is 0 Å². The van der Waals surface area contributed by atoms with Gasteiger partial charge in [-0.2, -0.15) is 0 Å². The summed E-state index contributed by atoms with van der Waals surface area (Å²) in [7, 11) is 1.75. The molecule has 0 unspecified atom stereocenters. The molecule has 0 bridgehead atoms. The first kappa shape index (κ1) is 17.2. The minimum atomic E-state index is 0.363. The molecule has 0 atom stereocenters. The average Bonchev–Trinajstić information content (AvgIpc) is 2.51. The number of nitrogens with one attached hydrogen (secondary N) is 1. The molecule has 20 heavy (non-hydrogen) atoms. The molecule has 1 aromatic rings. The molecule has 0 radical (unpaired) electrons. The normalized spacial score (nSPS) is 11.8. The summed E-state index contributed by atoms with van der Waals surface area (Å²) < 4.78 is 5.11. The number of aryl methyl sites for hydroxylation is 1. The highest BCUT2D eigenvalue weighted by molar-refractivity contribution is 5.23. The number of rotatable bonds is 10. The second kappa shape index (κ2) is 9.15. The third-order valence-corrected chi connectivity index (χ3v) is 4.49. The molecule has 1 N–H and O–H groups in total. The fourth-order valence-corrected chi connectivity index (χ4v) is 2.67. The van der Waals surface area contributed by atoms with Gasteiger partial charge in [0.2, 0.25) is 0 Å². The molecule has 1 rings (SSSR count). The van der Waals surface area contributed by atoms with E-state index in [1.165, 1.54) is 24.0 Å². The highest BCUT2D eigenvalue weighted by Gasteiger charge is 2.25. The fraction of sp³-hybridized carbons (Fsp3) is 0.667. The molecule has 0 aliphatic carbocycles. The summed E-state index contributed by atoms with van der Waals surface area (Å²) in [4.78, 5) is 0. The number of benzene rings is 1. The summed E-state index contributed by atoms with van der Waals surface area (Å²) in [6, 6.07) is 9.13. The molecule has 0 aliphatic rings. The summed E-state index contributed by atoms with van der Waals surface area (Å²) in [6.45, 7) is 9.61. The van der Waals surface area contributed by atoms with E-state index in [0.717, 1.165) is 32.5 Å². The van der Waals surface area contributed by atoms with Crippen molar-refractivity contribution < 1.29 is 4.74 Å². The molecular formula is C18H31NO. The summed E-state index contributed by atoms with van der Waals surface area (Å²) in [5.74, 6) is 0. The van der Waals surface area contributed by atoms with Gasteiger partial charge < -0.3 is 10.1 Å². The first-order valence-electron chi connectivity index (χ1n) is 7.97. The lowest BCUT2D eigenvalue weighted by Crippen LogP contribution is -2.36. The number of methoxy groups -OCH3 is 1. The molecule has 114 valence electrons. The van der Waals surface area contributed by atoms with Crippen molar-refractivity contribution >= 4 is 0 Å². The number of ether oxygens (including phenoxy) is 1. The lowest BCUT2D eigenvalue weighted by Gasteiger charge is -2.32. The Hall–Kier alpha value is -0.860. The standard InChI is InChI=1S/C18H31NO/c1-5-16-8-10-17(11-9-16)14-18(6-2,7-3)15-19-12-13-20-4/h8-11,19H,5-7,12-15H2,1-4H3. The SMILES string of the molecule is CCc1ccc(CC(CC)(CC)CNCCOC)cc1. The van der Waals surface area contributed by atoms with Crippen LogP contribution in [0.25, 0.3) is 0 Å². The molecule has 2 nitrogen and oxygen atoms in total. The predicted molar refractivity (Wildman–Crippen MR) is 87.3 cm³/mol. The van der Waals surface area contributed by atoms with Crippen LogP contribution in [0.5, 0.6) is 0 Å². The number of hydrogen-bond donors (Lipinski definition) is 1. The van der Waals surface area contributed by atoms with E-state index in [1.54, 1.807) is 7.11 Å². The van der Waals surface area contributed by atoms with E-state index >= 15 is 0 Å². The summed E-state index contributed by atoms with van der Waals surface area (Å²) in [6.07, 6.45) is 4.69. The Bertz CT molecular complexity index is 354. The van der Waals surface area contributed by atoms with Crippen LogP contribution < -0.4 is 5.32 Å². The third-order valence-electron chi connectivity index (χ3n) is 4.49. The van der Waals surface area contributed by atoms with Crippen molar-refractivity contribution in [3.8, 4) is 0 Å². The van der Waals surface area contributed by atoms with Gasteiger partial charge in [0.15, 0.2) is 0 Å². The Kier molecular flexibility index (Phi) is 7.86. The van der Waals surface area contributed by atoms with Crippen LogP contribution in [0.1, 0.15) is 44.7 Å². The first-order valence-corrected chi connectivity index (χ1v) is 7.97. The van der Waals surface area contributed by atoms with Gasteiger partial charge in [-0.05, 0) is 42.2 Å². The molecule has 0 aromatic heterocycles. The van der Waals surface area contributed by atoms with Gasteiger partial charge >= 0.3 is 0 Å². The lowest BCUT2D eigenvalue weighted by atomic mass is 9.76.